The van der Waals surface area contributed by atoms with Gasteiger partial charge in [-0.1, -0.05) is 29.8 Å². The van der Waals surface area contributed by atoms with Gasteiger partial charge in [-0.2, -0.15) is 0 Å². The van der Waals surface area contributed by atoms with Crippen molar-refractivity contribution in [2.24, 2.45) is 0 Å². The quantitative estimate of drug-likeness (QED) is 0.778. The van der Waals surface area contributed by atoms with Gasteiger partial charge in [-0.25, -0.2) is 0 Å². The van der Waals surface area contributed by atoms with Crippen LogP contribution < -0.4 is 0 Å². The molecular formula is C12H16O2. The van der Waals surface area contributed by atoms with E-state index in [1.165, 1.54) is 5.56 Å². The topological polar surface area (TPSA) is 29.5 Å². The van der Waals surface area contributed by atoms with Crippen molar-refractivity contribution in [2.75, 3.05) is 6.61 Å². The number of benzene rings is 1. The molecule has 0 amide bonds. The number of hydrogen-bond acceptors (Lipinski definition) is 2. The second kappa shape index (κ2) is 4.11. The molecule has 1 aliphatic rings. The molecule has 1 aromatic rings. The van der Waals surface area contributed by atoms with Gasteiger partial charge in [-0.15, -0.1) is 0 Å². The third-order valence-corrected chi connectivity index (χ3v) is 2.74. The van der Waals surface area contributed by atoms with Gasteiger partial charge >= 0.3 is 0 Å². The molecule has 1 N–H and O–H groups in total. The van der Waals surface area contributed by atoms with Gasteiger partial charge < -0.3 is 9.84 Å². The summed E-state index contributed by atoms with van der Waals surface area (Å²) in [7, 11) is 0. The Labute approximate surface area is 84.5 Å². The summed E-state index contributed by atoms with van der Waals surface area (Å²) in [6, 6.07) is 7.99. The highest BCUT2D eigenvalue weighted by Crippen LogP contribution is 2.26. The molecule has 2 nitrogen and oxygen atoms in total. The first-order chi connectivity index (χ1) is 6.77. The minimum Gasteiger partial charge on any atom is -0.386 e. The maximum Gasteiger partial charge on any atom is 0.105 e. The SMILES string of the molecule is Cc1ccc(C(O)C2CCCO2)cc1. The molecule has 2 atom stereocenters. The Morgan fingerprint density at radius 2 is 2.07 bits per heavy atom. The largest absolute Gasteiger partial charge is 0.386 e. The summed E-state index contributed by atoms with van der Waals surface area (Å²) < 4.78 is 5.45. The highest BCUT2D eigenvalue weighted by atomic mass is 16.5. The zero-order chi connectivity index (χ0) is 9.97. The molecule has 1 saturated heterocycles. The summed E-state index contributed by atoms with van der Waals surface area (Å²) in [5, 5.41) is 9.99. The molecule has 76 valence electrons. The fourth-order valence-electron chi connectivity index (χ4n) is 1.83. The van der Waals surface area contributed by atoms with E-state index in [0.29, 0.717) is 0 Å². The van der Waals surface area contributed by atoms with Gasteiger partial charge in [-0.3, -0.25) is 0 Å². The Morgan fingerprint density at radius 1 is 1.36 bits per heavy atom. The molecule has 0 aromatic heterocycles. The van der Waals surface area contributed by atoms with Crippen molar-refractivity contribution in [1.82, 2.24) is 0 Å². The zero-order valence-electron chi connectivity index (χ0n) is 8.44. The lowest BCUT2D eigenvalue weighted by Gasteiger charge is -2.17. The number of aliphatic hydroxyl groups excluding tert-OH is 1. The number of aryl methyl sites for hydroxylation is 1. The Hall–Kier alpha value is -0.860. The Bertz CT molecular complexity index is 286. The third kappa shape index (κ3) is 1.97. The average Bonchev–Trinajstić information content (AvgIpc) is 2.71. The van der Waals surface area contributed by atoms with Gasteiger partial charge in [0.2, 0.25) is 0 Å². The highest BCUT2D eigenvalue weighted by molar-refractivity contribution is 5.23. The van der Waals surface area contributed by atoms with Gasteiger partial charge in [0.15, 0.2) is 0 Å². The lowest BCUT2D eigenvalue weighted by molar-refractivity contribution is -0.00258. The zero-order valence-corrected chi connectivity index (χ0v) is 8.44. The van der Waals surface area contributed by atoms with E-state index in [4.69, 9.17) is 4.74 Å². The van der Waals surface area contributed by atoms with Crippen LogP contribution in [0.15, 0.2) is 24.3 Å². The van der Waals surface area contributed by atoms with Crippen LogP contribution in [-0.4, -0.2) is 17.8 Å². The molecular weight excluding hydrogens is 176 g/mol. The molecule has 1 aromatic carbocycles. The number of aliphatic hydroxyl groups is 1. The molecule has 1 fully saturated rings. The van der Waals surface area contributed by atoms with Crippen LogP contribution in [0.1, 0.15) is 30.1 Å². The summed E-state index contributed by atoms with van der Waals surface area (Å²) in [5.41, 5.74) is 2.18. The van der Waals surface area contributed by atoms with Gasteiger partial charge in [-0.05, 0) is 25.3 Å². The van der Waals surface area contributed by atoms with Gasteiger partial charge in [0.1, 0.15) is 6.10 Å². The minimum atomic E-state index is -0.460. The first kappa shape index (κ1) is 9.69. The van der Waals surface area contributed by atoms with Gasteiger partial charge in [0.05, 0.1) is 6.10 Å². The molecule has 0 spiro atoms. The number of hydrogen-bond donors (Lipinski definition) is 1. The van der Waals surface area contributed by atoms with Crippen molar-refractivity contribution in [3.63, 3.8) is 0 Å². The van der Waals surface area contributed by atoms with Crippen molar-refractivity contribution in [3.8, 4) is 0 Å². The smallest absolute Gasteiger partial charge is 0.105 e. The van der Waals surface area contributed by atoms with E-state index in [2.05, 4.69) is 0 Å². The summed E-state index contributed by atoms with van der Waals surface area (Å²) in [5.74, 6) is 0. The van der Waals surface area contributed by atoms with E-state index in [1.807, 2.05) is 31.2 Å². The Morgan fingerprint density at radius 3 is 2.64 bits per heavy atom. The second-order valence-electron chi connectivity index (χ2n) is 3.91. The molecule has 1 aliphatic heterocycles. The number of rotatable bonds is 2. The molecule has 14 heavy (non-hydrogen) atoms. The predicted molar refractivity (Wildman–Crippen MR) is 55.1 cm³/mol. The first-order valence-electron chi connectivity index (χ1n) is 5.13. The average molecular weight is 192 g/mol. The van der Waals surface area contributed by atoms with Gasteiger partial charge in [0.25, 0.3) is 0 Å². The lowest BCUT2D eigenvalue weighted by Crippen LogP contribution is -2.16. The van der Waals surface area contributed by atoms with Crippen LogP contribution in [0.5, 0.6) is 0 Å². The van der Waals surface area contributed by atoms with E-state index < -0.39 is 6.10 Å². The van der Waals surface area contributed by atoms with Crippen LogP contribution in [0.3, 0.4) is 0 Å². The summed E-state index contributed by atoms with van der Waals surface area (Å²) in [6.07, 6.45) is 1.57. The van der Waals surface area contributed by atoms with Crippen LogP contribution in [0.25, 0.3) is 0 Å². The van der Waals surface area contributed by atoms with Crippen LogP contribution in [0.2, 0.25) is 0 Å². The van der Waals surface area contributed by atoms with Crippen LogP contribution >= 0.6 is 0 Å². The van der Waals surface area contributed by atoms with Crippen molar-refractivity contribution in [1.29, 1.82) is 0 Å². The molecule has 0 radical (unpaired) electrons. The van der Waals surface area contributed by atoms with Crippen LogP contribution in [0.4, 0.5) is 0 Å². The van der Waals surface area contributed by atoms with Gasteiger partial charge in [0, 0.05) is 6.61 Å². The fourth-order valence-corrected chi connectivity index (χ4v) is 1.83. The van der Waals surface area contributed by atoms with E-state index in [9.17, 15) is 5.11 Å². The van der Waals surface area contributed by atoms with Crippen molar-refractivity contribution >= 4 is 0 Å². The second-order valence-corrected chi connectivity index (χ2v) is 3.91. The predicted octanol–water partition coefficient (Wildman–Crippen LogP) is 2.21. The monoisotopic (exact) mass is 192 g/mol. The standard InChI is InChI=1S/C12H16O2/c1-9-4-6-10(7-5-9)12(13)11-3-2-8-14-11/h4-7,11-13H,2-3,8H2,1H3. The van der Waals surface area contributed by atoms with Crippen molar-refractivity contribution in [3.05, 3.63) is 35.4 Å². The maximum atomic E-state index is 9.99. The molecule has 0 saturated carbocycles. The summed E-state index contributed by atoms with van der Waals surface area (Å²) >= 11 is 0. The summed E-state index contributed by atoms with van der Waals surface area (Å²) in [6.45, 7) is 2.83. The lowest BCUT2D eigenvalue weighted by atomic mass is 10.0. The third-order valence-electron chi connectivity index (χ3n) is 2.74. The van der Waals surface area contributed by atoms with Crippen molar-refractivity contribution < 1.29 is 9.84 Å². The summed E-state index contributed by atoms with van der Waals surface area (Å²) in [4.78, 5) is 0. The highest BCUT2D eigenvalue weighted by Gasteiger charge is 2.24. The van der Waals surface area contributed by atoms with Crippen molar-refractivity contribution in [2.45, 2.75) is 32.0 Å². The van der Waals surface area contributed by atoms with E-state index >= 15 is 0 Å². The molecule has 2 rings (SSSR count). The van der Waals surface area contributed by atoms with Crippen LogP contribution in [0, 0.1) is 6.92 Å². The minimum absolute atomic E-state index is 0.00212. The molecule has 1 heterocycles. The Balaban J connectivity index is 2.09. The molecule has 2 heteroatoms. The Kier molecular flexibility index (Phi) is 2.85. The first-order valence-corrected chi connectivity index (χ1v) is 5.13. The molecule has 0 bridgehead atoms. The fraction of sp³-hybridized carbons (Fsp3) is 0.500. The van der Waals surface area contributed by atoms with Crippen LogP contribution in [-0.2, 0) is 4.74 Å². The normalized spacial score (nSPS) is 23.7. The van der Waals surface area contributed by atoms with E-state index in [-0.39, 0.29) is 6.10 Å². The van der Waals surface area contributed by atoms with E-state index in [0.717, 1.165) is 25.0 Å². The molecule has 2 unspecified atom stereocenters. The number of ether oxygens (including phenoxy) is 1. The molecule has 0 aliphatic carbocycles. The maximum absolute atomic E-state index is 9.99. The van der Waals surface area contributed by atoms with E-state index in [1.54, 1.807) is 0 Å².